The molecule has 152 valence electrons. The van der Waals surface area contributed by atoms with E-state index in [2.05, 4.69) is 10.3 Å². The number of benzene rings is 2. The van der Waals surface area contributed by atoms with Crippen LogP contribution in [0.3, 0.4) is 0 Å². The second-order valence-corrected chi connectivity index (χ2v) is 10.6. The highest BCUT2D eigenvalue weighted by molar-refractivity contribution is 7.71. The number of anilines is 2. The van der Waals surface area contributed by atoms with E-state index in [1.807, 2.05) is 36.0 Å². The second kappa shape index (κ2) is 7.38. The van der Waals surface area contributed by atoms with E-state index in [-0.39, 0.29) is 0 Å². The molecule has 4 nitrogen and oxygen atoms in total. The third-order valence-electron chi connectivity index (χ3n) is 5.23. The maximum Gasteiger partial charge on any atom is 0.416 e. The summed E-state index contributed by atoms with van der Waals surface area (Å²) in [6.45, 7) is 0. The highest BCUT2D eigenvalue weighted by atomic mass is 31.2. The molecule has 0 spiro atoms. The summed E-state index contributed by atoms with van der Waals surface area (Å²) in [6.07, 6.45) is 2.57. The van der Waals surface area contributed by atoms with Crippen LogP contribution in [-0.2, 0) is 17.8 Å². The Morgan fingerprint density at radius 3 is 2.34 bits per heavy atom. The number of alkyl halides is 3. The van der Waals surface area contributed by atoms with Gasteiger partial charge in [-0.25, -0.2) is 4.98 Å². The summed E-state index contributed by atoms with van der Waals surface area (Å²) in [5, 5.41) is 4.02. The van der Waals surface area contributed by atoms with Gasteiger partial charge in [0.1, 0.15) is 7.14 Å². The smallest absolute Gasteiger partial charge is 0.355 e. The molecule has 3 aromatic rings. The van der Waals surface area contributed by atoms with Gasteiger partial charge in [-0.05, 0) is 55.3 Å². The molecule has 2 aromatic carbocycles. The van der Waals surface area contributed by atoms with Gasteiger partial charge in [-0.15, -0.1) is 0 Å². The highest BCUT2D eigenvalue weighted by Crippen LogP contribution is 2.51. The molecule has 1 aliphatic rings. The quantitative estimate of drug-likeness (QED) is 0.558. The first-order valence-corrected chi connectivity index (χ1v) is 11.5. The van der Waals surface area contributed by atoms with Crippen molar-refractivity contribution in [1.82, 2.24) is 9.55 Å². The molecular weight excluding hydrogens is 398 g/mol. The number of aromatic nitrogens is 2. The van der Waals surface area contributed by atoms with Crippen LogP contribution in [0.4, 0.5) is 24.5 Å². The van der Waals surface area contributed by atoms with Gasteiger partial charge in [-0.2, -0.15) is 13.2 Å². The van der Waals surface area contributed by atoms with Crippen LogP contribution in [0.25, 0.3) is 11.3 Å². The van der Waals surface area contributed by atoms with Gasteiger partial charge in [0.05, 0.1) is 17.6 Å². The van der Waals surface area contributed by atoms with E-state index in [9.17, 15) is 17.7 Å². The molecule has 1 aliphatic heterocycles. The van der Waals surface area contributed by atoms with Crippen LogP contribution in [0.15, 0.2) is 55.0 Å². The molecule has 0 bridgehead atoms. The van der Waals surface area contributed by atoms with E-state index in [1.165, 1.54) is 12.1 Å². The standard InChI is InChI=1S/C21H21F3N3OP/c1-27-13-20(25-14-27)18-12-17(29(28)10-2-3-11-29)8-9-19(18)26-16-6-4-15(5-7-16)21(22,23)24/h4-9,12-14,26H,2-3,10-11H2,1H3. The van der Waals surface area contributed by atoms with Gasteiger partial charge in [0, 0.05) is 47.8 Å². The third-order valence-corrected chi connectivity index (χ3v) is 8.53. The minimum atomic E-state index is -4.37. The molecular formula is C21H21F3N3OP. The summed E-state index contributed by atoms with van der Waals surface area (Å²) in [5.41, 5.74) is 2.05. The predicted octanol–water partition coefficient (Wildman–Crippen LogP) is 5.63. The maximum atomic E-state index is 13.3. The van der Waals surface area contributed by atoms with E-state index in [1.54, 1.807) is 6.33 Å². The van der Waals surface area contributed by atoms with Crippen LogP contribution >= 0.6 is 7.14 Å². The summed E-state index contributed by atoms with van der Waals surface area (Å²) in [7, 11) is -0.514. The average molecular weight is 419 g/mol. The fourth-order valence-corrected chi connectivity index (χ4v) is 6.58. The van der Waals surface area contributed by atoms with Crippen molar-refractivity contribution in [1.29, 1.82) is 0 Å². The minimum absolute atomic E-state index is 0.537. The Labute approximate surface area is 167 Å². The van der Waals surface area contributed by atoms with Gasteiger partial charge in [-0.3, -0.25) is 0 Å². The monoisotopic (exact) mass is 419 g/mol. The van der Waals surface area contributed by atoms with Gasteiger partial charge in [0.15, 0.2) is 0 Å². The summed E-state index contributed by atoms with van der Waals surface area (Å²) >= 11 is 0. The Morgan fingerprint density at radius 1 is 1.07 bits per heavy atom. The Bertz CT molecular complexity index is 1060. The predicted molar refractivity (Wildman–Crippen MR) is 110 cm³/mol. The first kappa shape index (κ1) is 19.8. The van der Waals surface area contributed by atoms with Crippen LogP contribution in [0, 0.1) is 0 Å². The zero-order valence-electron chi connectivity index (χ0n) is 15.9. The number of hydrogen-bond donors (Lipinski definition) is 1. The topological polar surface area (TPSA) is 46.9 Å². The summed E-state index contributed by atoms with van der Waals surface area (Å²) in [6, 6.07) is 10.5. The van der Waals surface area contributed by atoms with Crippen molar-refractivity contribution in [3.8, 4) is 11.3 Å². The molecule has 0 radical (unpaired) electrons. The molecule has 4 rings (SSSR count). The van der Waals surface area contributed by atoms with Gasteiger partial charge in [0.2, 0.25) is 0 Å². The number of aryl methyl sites for hydroxylation is 1. The lowest BCUT2D eigenvalue weighted by molar-refractivity contribution is -0.137. The molecule has 1 fully saturated rings. The van der Waals surface area contributed by atoms with E-state index < -0.39 is 18.9 Å². The number of hydrogen-bond acceptors (Lipinski definition) is 3. The first-order chi connectivity index (χ1) is 13.7. The van der Waals surface area contributed by atoms with Crippen molar-refractivity contribution in [3.63, 3.8) is 0 Å². The molecule has 1 N–H and O–H groups in total. The zero-order chi connectivity index (χ0) is 20.6. The largest absolute Gasteiger partial charge is 0.416 e. The molecule has 29 heavy (non-hydrogen) atoms. The SMILES string of the molecule is Cn1cnc(-c2cc(P3(=O)CCCC3)ccc2Nc2ccc(C(F)(F)F)cc2)c1. The lowest BCUT2D eigenvalue weighted by atomic mass is 10.1. The van der Waals surface area contributed by atoms with Crippen molar-refractivity contribution in [3.05, 3.63) is 60.6 Å². The summed E-state index contributed by atoms with van der Waals surface area (Å²) < 4.78 is 53.5. The van der Waals surface area contributed by atoms with E-state index >= 15 is 0 Å². The Kier molecular flexibility index (Phi) is 5.03. The molecule has 0 aliphatic carbocycles. The molecule has 0 saturated carbocycles. The van der Waals surface area contributed by atoms with Gasteiger partial charge < -0.3 is 14.4 Å². The maximum absolute atomic E-state index is 13.3. The lowest BCUT2D eigenvalue weighted by Crippen LogP contribution is -2.08. The van der Waals surface area contributed by atoms with Crippen LogP contribution in [0.5, 0.6) is 0 Å². The number of rotatable bonds is 4. The van der Waals surface area contributed by atoms with E-state index in [0.717, 1.165) is 53.9 Å². The normalized spacial score (nSPS) is 16.1. The van der Waals surface area contributed by atoms with Crippen molar-refractivity contribution >= 4 is 23.8 Å². The van der Waals surface area contributed by atoms with Crippen molar-refractivity contribution in [2.75, 3.05) is 17.6 Å². The van der Waals surface area contributed by atoms with Crippen LogP contribution < -0.4 is 10.6 Å². The zero-order valence-corrected chi connectivity index (χ0v) is 16.8. The fourth-order valence-electron chi connectivity index (χ4n) is 3.66. The Morgan fingerprint density at radius 2 is 1.76 bits per heavy atom. The van der Waals surface area contributed by atoms with E-state index in [4.69, 9.17) is 0 Å². The molecule has 1 saturated heterocycles. The minimum Gasteiger partial charge on any atom is -0.355 e. The second-order valence-electron chi connectivity index (χ2n) is 7.40. The fraction of sp³-hybridized carbons (Fsp3) is 0.286. The first-order valence-electron chi connectivity index (χ1n) is 9.40. The van der Waals surface area contributed by atoms with Crippen LogP contribution in [0.2, 0.25) is 0 Å². The van der Waals surface area contributed by atoms with E-state index in [0.29, 0.717) is 11.4 Å². The number of halogens is 3. The molecule has 0 unspecified atom stereocenters. The van der Waals surface area contributed by atoms with Gasteiger partial charge in [0.25, 0.3) is 0 Å². The molecule has 0 amide bonds. The molecule has 2 heterocycles. The number of imidazole rings is 1. The summed E-state index contributed by atoms with van der Waals surface area (Å²) in [5.74, 6) is 0. The highest BCUT2D eigenvalue weighted by Gasteiger charge is 2.31. The van der Waals surface area contributed by atoms with Crippen molar-refractivity contribution in [2.24, 2.45) is 7.05 Å². The average Bonchev–Trinajstić information content (AvgIpc) is 3.31. The Balaban J connectivity index is 1.71. The molecule has 1 aromatic heterocycles. The van der Waals surface area contributed by atoms with Crippen molar-refractivity contribution in [2.45, 2.75) is 19.0 Å². The number of nitrogens with one attached hydrogen (secondary N) is 1. The van der Waals surface area contributed by atoms with Crippen LogP contribution in [0.1, 0.15) is 18.4 Å². The van der Waals surface area contributed by atoms with Crippen LogP contribution in [-0.4, -0.2) is 21.9 Å². The summed E-state index contributed by atoms with van der Waals surface area (Å²) in [4.78, 5) is 4.41. The molecule has 8 heteroatoms. The Hall–Kier alpha value is -2.53. The molecule has 0 atom stereocenters. The number of nitrogens with zero attached hydrogens (tertiary/aromatic N) is 2. The van der Waals surface area contributed by atoms with Crippen molar-refractivity contribution < 1.29 is 17.7 Å². The van der Waals surface area contributed by atoms with Gasteiger partial charge in [-0.1, -0.05) is 0 Å². The van der Waals surface area contributed by atoms with Gasteiger partial charge >= 0.3 is 6.18 Å². The third kappa shape index (κ3) is 4.10. The lowest BCUT2D eigenvalue weighted by Gasteiger charge is -2.17.